The van der Waals surface area contributed by atoms with Crippen LogP contribution in [0.5, 0.6) is 0 Å². The zero-order valence-corrected chi connectivity index (χ0v) is 5.07. The molecule has 0 saturated heterocycles. The standard InChI is InChI=1S/F6P.Fe/c1-7(2,3,4,5)6;/q-1;/p+1. The van der Waals surface area contributed by atoms with Crippen LogP contribution in [0.15, 0.2) is 0 Å². The van der Waals surface area contributed by atoms with Crippen LogP contribution in [0.4, 0.5) is 25.2 Å². The van der Waals surface area contributed by atoms with Crippen LogP contribution in [0.1, 0.15) is 1.43 Å². The second kappa shape index (κ2) is 1.33. The van der Waals surface area contributed by atoms with Gasteiger partial charge in [0.15, 0.2) is 0 Å². The smallest absolute Gasteiger partial charge is 0 e. The molecule has 0 aromatic carbocycles. The van der Waals surface area contributed by atoms with Crippen molar-refractivity contribution < 1.29 is 43.7 Å². The second-order valence-corrected chi connectivity index (χ2v) is 2.87. The molecule has 0 saturated carbocycles. The minimum absolute atomic E-state index is 0. The van der Waals surface area contributed by atoms with E-state index in [2.05, 4.69) is 0 Å². The normalized spacial score (nSPS) is 20.2. The molecule has 0 heterocycles. The van der Waals surface area contributed by atoms with Gasteiger partial charge < -0.3 is 0 Å². The van der Waals surface area contributed by atoms with Crippen molar-refractivity contribution in [2.75, 3.05) is 0 Å². The quantitative estimate of drug-likeness (QED) is 0.320. The predicted octanol–water partition coefficient (Wildman–Crippen LogP) is 3.49. The summed E-state index contributed by atoms with van der Waals surface area (Å²) in [5, 5.41) is 0. The first-order valence-corrected chi connectivity index (χ1v) is 3.04. The van der Waals surface area contributed by atoms with E-state index in [0.29, 0.717) is 0 Å². The number of halogens is 6. The zero-order chi connectivity index (χ0) is 6.41. The van der Waals surface area contributed by atoms with E-state index in [9.17, 15) is 25.2 Å². The third-order valence-corrected chi connectivity index (χ3v) is 0. The van der Waals surface area contributed by atoms with Crippen LogP contribution in [-0.2, 0) is 17.1 Å². The van der Waals surface area contributed by atoms with Crippen molar-refractivity contribution in [1.82, 2.24) is 0 Å². The molecule has 0 spiro atoms. The van der Waals surface area contributed by atoms with Crippen molar-refractivity contribution in [3.63, 3.8) is 0 Å². The molecule has 0 amide bonds. The summed E-state index contributed by atoms with van der Waals surface area (Å²) in [5.41, 5.74) is 0. The van der Waals surface area contributed by atoms with Gasteiger partial charge in [-0.3, -0.25) is 0 Å². The average Bonchev–Trinajstić information content (AvgIpc) is 0.592. The van der Waals surface area contributed by atoms with Crippen molar-refractivity contribution in [2.45, 2.75) is 0 Å². The fourth-order valence-electron chi connectivity index (χ4n) is 0. The molecule has 0 fully saturated rings. The summed E-state index contributed by atoms with van der Waals surface area (Å²) in [7, 11) is -10.7. The Bertz CT molecular complexity index is 71.6. The number of hydrogen-bond donors (Lipinski definition) is 0. The van der Waals surface area contributed by atoms with Gasteiger partial charge in [-0.1, -0.05) is 0 Å². The van der Waals surface area contributed by atoms with E-state index in [1.165, 1.54) is 0 Å². The van der Waals surface area contributed by atoms with Crippen LogP contribution in [0.3, 0.4) is 0 Å². The minimum Gasteiger partial charge on any atom is 0 e. The van der Waals surface area contributed by atoms with Crippen molar-refractivity contribution in [3.05, 3.63) is 0 Å². The van der Waals surface area contributed by atoms with E-state index in [1.807, 2.05) is 0 Å². The Labute approximate surface area is 52.4 Å². The molecule has 0 atom stereocenters. The predicted molar refractivity (Wildman–Crippen MR) is 14.7 cm³/mol. The summed E-state index contributed by atoms with van der Waals surface area (Å²) in [6.07, 6.45) is 0. The number of rotatable bonds is 0. The molecule has 56 valence electrons. The Balaban J connectivity index is -0.000000180. The van der Waals surface area contributed by atoms with Gasteiger partial charge in [0, 0.05) is 17.1 Å². The third-order valence-electron chi connectivity index (χ3n) is 0. The van der Waals surface area contributed by atoms with Gasteiger partial charge in [-0.15, -0.1) is 0 Å². The van der Waals surface area contributed by atoms with Crippen LogP contribution in [-0.4, -0.2) is 0 Å². The molecule has 0 unspecified atom stereocenters. The van der Waals surface area contributed by atoms with Crippen LogP contribution in [0.25, 0.3) is 0 Å². The largest absolute Gasteiger partial charge is 1.00 e. The second-order valence-electron chi connectivity index (χ2n) is 0.958. The summed E-state index contributed by atoms with van der Waals surface area (Å²) in [6.45, 7) is 0. The molecule has 0 aromatic heterocycles. The van der Waals surface area contributed by atoms with Gasteiger partial charge in [0.2, 0.25) is 0 Å². The molecule has 0 aromatic rings. The third kappa shape index (κ3) is 712. The van der Waals surface area contributed by atoms with Gasteiger partial charge in [0.1, 0.15) is 0 Å². The summed E-state index contributed by atoms with van der Waals surface area (Å²) >= 11 is 0. The van der Waals surface area contributed by atoms with Crippen molar-refractivity contribution >= 4 is 7.81 Å². The summed E-state index contributed by atoms with van der Waals surface area (Å²) in [6, 6.07) is 0. The van der Waals surface area contributed by atoms with Gasteiger partial charge in [-0.05, 0) is 0 Å². The monoisotopic (exact) mass is 202 g/mol. The van der Waals surface area contributed by atoms with Crippen molar-refractivity contribution in [2.24, 2.45) is 0 Å². The summed E-state index contributed by atoms with van der Waals surface area (Å²) < 4.78 is 59.2. The molecule has 0 nitrogen and oxygen atoms in total. The SMILES string of the molecule is F[P-](F)(F)(F)(F)F.[Fe].[H+]. The summed E-state index contributed by atoms with van der Waals surface area (Å²) in [4.78, 5) is 0. The van der Waals surface area contributed by atoms with Crippen molar-refractivity contribution in [1.29, 1.82) is 0 Å². The Morgan fingerprint density at radius 1 is 0.750 bits per heavy atom. The molecule has 0 bridgehead atoms. The maximum absolute atomic E-state index is 10.7. The first-order chi connectivity index (χ1) is 2.45. The van der Waals surface area contributed by atoms with Crippen LogP contribution in [0.2, 0.25) is 0 Å². The van der Waals surface area contributed by atoms with Gasteiger partial charge >= 0.3 is 34.4 Å². The van der Waals surface area contributed by atoms with E-state index >= 15 is 0 Å². The molecular weight excluding hydrogens is 201 g/mol. The van der Waals surface area contributed by atoms with E-state index in [-0.39, 0.29) is 18.5 Å². The molecule has 0 aliphatic carbocycles. The van der Waals surface area contributed by atoms with E-state index in [1.54, 1.807) is 0 Å². The first kappa shape index (κ1) is 11.3. The van der Waals surface area contributed by atoms with E-state index in [0.717, 1.165) is 0 Å². The van der Waals surface area contributed by atoms with Crippen molar-refractivity contribution in [3.8, 4) is 0 Å². The Hall–Kier alpha value is 0.529. The molecule has 0 radical (unpaired) electrons. The van der Waals surface area contributed by atoms with Gasteiger partial charge in [0.05, 0.1) is 0 Å². The fraction of sp³-hybridized carbons (Fsp3) is 0. The van der Waals surface area contributed by atoms with Gasteiger partial charge in [0.25, 0.3) is 0 Å². The fourth-order valence-corrected chi connectivity index (χ4v) is 0. The average molecular weight is 202 g/mol. The molecule has 0 rings (SSSR count). The number of hydrogen-bond acceptors (Lipinski definition) is 0. The first-order valence-electron chi connectivity index (χ1n) is 1.01. The molecular formula is HF6FeP. The van der Waals surface area contributed by atoms with Gasteiger partial charge in [-0.2, -0.15) is 0 Å². The van der Waals surface area contributed by atoms with Gasteiger partial charge in [-0.25, -0.2) is 0 Å². The maximum Gasteiger partial charge on any atom is 1.00 e. The van der Waals surface area contributed by atoms with E-state index in [4.69, 9.17) is 0 Å². The molecule has 0 N–H and O–H groups in total. The summed E-state index contributed by atoms with van der Waals surface area (Å²) in [5.74, 6) is 0. The molecule has 8 heavy (non-hydrogen) atoms. The van der Waals surface area contributed by atoms with Crippen LogP contribution < -0.4 is 0 Å². The molecule has 0 aliphatic rings. The Kier molecular flexibility index (Phi) is 1.89. The molecule has 0 aliphatic heterocycles. The Morgan fingerprint density at radius 3 is 0.750 bits per heavy atom. The zero-order valence-electron chi connectivity index (χ0n) is 4.07. The maximum atomic E-state index is 9.87. The van der Waals surface area contributed by atoms with E-state index < -0.39 is 7.81 Å². The topological polar surface area (TPSA) is 0 Å². The van der Waals surface area contributed by atoms with Crippen LogP contribution >= 0.6 is 7.81 Å². The Morgan fingerprint density at radius 2 is 0.750 bits per heavy atom. The molecule has 8 heteroatoms. The van der Waals surface area contributed by atoms with Crippen LogP contribution in [0, 0.1) is 0 Å². The minimum atomic E-state index is -10.7.